The van der Waals surface area contributed by atoms with E-state index in [2.05, 4.69) is 6.07 Å². The normalized spacial score (nSPS) is 11.1. The van der Waals surface area contributed by atoms with Gasteiger partial charge in [0.15, 0.2) is 0 Å². The molecule has 2 heteroatoms. The number of nitriles is 1. The predicted molar refractivity (Wildman–Crippen MR) is 71.1 cm³/mol. The molecule has 0 bridgehead atoms. The Morgan fingerprint density at radius 3 is 2.44 bits per heavy atom. The highest BCUT2D eigenvalue weighted by Gasteiger charge is 2.07. The second kappa shape index (κ2) is 5.29. The predicted octanol–water partition coefficient (Wildman–Crippen LogP) is 4.20. The molecule has 88 valence electrons. The van der Waals surface area contributed by atoms with Crippen LogP contribution in [0.3, 0.4) is 0 Å². The van der Waals surface area contributed by atoms with Gasteiger partial charge in [-0.1, -0.05) is 42.5 Å². The van der Waals surface area contributed by atoms with E-state index in [9.17, 15) is 9.65 Å². The van der Waals surface area contributed by atoms with Crippen molar-refractivity contribution in [2.24, 2.45) is 0 Å². The molecule has 1 nitrogen and oxygen atoms in total. The monoisotopic (exact) mass is 237 g/mol. The van der Waals surface area contributed by atoms with Gasteiger partial charge in [0.2, 0.25) is 0 Å². The lowest BCUT2D eigenvalue weighted by atomic mass is 10.0. The molecule has 0 saturated carbocycles. The van der Waals surface area contributed by atoms with Crippen molar-refractivity contribution in [2.75, 3.05) is 0 Å². The van der Waals surface area contributed by atoms with Crippen molar-refractivity contribution in [3.05, 3.63) is 71.0 Å². The van der Waals surface area contributed by atoms with Crippen LogP contribution in [0.1, 0.15) is 16.7 Å². The van der Waals surface area contributed by atoms with E-state index in [4.69, 9.17) is 0 Å². The van der Waals surface area contributed by atoms with Gasteiger partial charge < -0.3 is 0 Å². The average Bonchev–Trinajstić information content (AvgIpc) is 2.39. The van der Waals surface area contributed by atoms with Crippen molar-refractivity contribution in [1.82, 2.24) is 0 Å². The molecule has 0 amide bonds. The first-order valence-electron chi connectivity index (χ1n) is 5.64. The van der Waals surface area contributed by atoms with E-state index < -0.39 is 0 Å². The molecule has 0 heterocycles. The van der Waals surface area contributed by atoms with E-state index in [0.717, 1.165) is 11.1 Å². The molecule has 2 aromatic carbocycles. The molecular formula is C16H12FN. The maximum atomic E-state index is 13.6. The Morgan fingerprint density at radius 2 is 1.78 bits per heavy atom. The molecule has 2 aromatic rings. The summed E-state index contributed by atoms with van der Waals surface area (Å²) in [6, 6.07) is 16.1. The number of halogens is 1. The third-order valence-electron chi connectivity index (χ3n) is 2.77. The summed E-state index contributed by atoms with van der Waals surface area (Å²) in [5.74, 6) is -0.376. The van der Waals surface area contributed by atoms with E-state index >= 15 is 0 Å². The SMILES string of the molecule is Cc1ccccc1C=C(C#N)c1ccccc1F. The molecule has 0 spiro atoms. The molecule has 0 radical (unpaired) electrons. The molecule has 0 atom stereocenters. The minimum atomic E-state index is -0.376. The average molecular weight is 237 g/mol. The van der Waals surface area contributed by atoms with Gasteiger partial charge in [0.05, 0.1) is 11.6 Å². The Labute approximate surface area is 106 Å². The molecular weight excluding hydrogens is 225 g/mol. The van der Waals surface area contributed by atoms with Crippen LogP contribution in [0.2, 0.25) is 0 Å². The molecule has 0 saturated heterocycles. The third kappa shape index (κ3) is 2.46. The van der Waals surface area contributed by atoms with Crippen molar-refractivity contribution in [3.8, 4) is 6.07 Å². The number of allylic oxidation sites excluding steroid dienone is 1. The number of rotatable bonds is 2. The van der Waals surface area contributed by atoms with Crippen LogP contribution in [0.4, 0.5) is 4.39 Å². The van der Waals surface area contributed by atoms with Gasteiger partial charge in [-0.05, 0) is 30.2 Å². The maximum Gasteiger partial charge on any atom is 0.131 e. The number of benzene rings is 2. The Morgan fingerprint density at radius 1 is 1.11 bits per heavy atom. The summed E-state index contributed by atoms with van der Waals surface area (Å²) in [5, 5.41) is 9.17. The number of aryl methyl sites for hydroxylation is 1. The summed E-state index contributed by atoms with van der Waals surface area (Å²) in [7, 11) is 0. The topological polar surface area (TPSA) is 23.8 Å². The number of nitrogens with zero attached hydrogens (tertiary/aromatic N) is 1. The minimum Gasteiger partial charge on any atom is -0.206 e. The van der Waals surface area contributed by atoms with Gasteiger partial charge >= 0.3 is 0 Å². The zero-order valence-electron chi connectivity index (χ0n) is 10.0. The molecule has 2 rings (SSSR count). The fourth-order valence-corrected chi connectivity index (χ4v) is 1.75. The Hall–Kier alpha value is -2.40. The lowest BCUT2D eigenvalue weighted by molar-refractivity contribution is 0.624. The number of hydrogen-bond acceptors (Lipinski definition) is 1. The zero-order chi connectivity index (χ0) is 13.0. The van der Waals surface area contributed by atoms with E-state index in [0.29, 0.717) is 11.1 Å². The van der Waals surface area contributed by atoms with Crippen molar-refractivity contribution in [2.45, 2.75) is 6.92 Å². The lowest BCUT2D eigenvalue weighted by Crippen LogP contribution is -1.88. The fourth-order valence-electron chi connectivity index (χ4n) is 1.75. The lowest BCUT2D eigenvalue weighted by Gasteiger charge is -2.03. The molecule has 0 aliphatic rings. The molecule has 0 aromatic heterocycles. The quantitative estimate of drug-likeness (QED) is 0.567. The van der Waals surface area contributed by atoms with Crippen molar-refractivity contribution >= 4 is 11.6 Å². The fraction of sp³-hybridized carbons (Fsp3) is 0.0625. The summed E-state index contributed by atoms with van der Waals surface area (Å²) >= 11 is 0. The Bertz CT molecular complexity index is 636. The van der Waals surface area contributed by atoms with Gasteiger partial charge in [-0.2, -0.15) is 5.26 Å². The van der Waals surface area contributed by atoms with Crippen LogP contribution in [0, 0.1) is 24.1 Å². The molecule has 0 unspecified atom stereocenters. The van der Waals surface area contributed by atoms with Gasteiger partial charge in [0.1, 0.15) is 5.82 Å². The van der Waals surface area contributed by atoms with Crippen molar-refractivity contribution < 1.29 is 4.39 Å². The van der Waals surface area contributed by atoms with Crippen LogP contribution in [0.15, 0.2) is 48.5 Å². The van der Waals surface area contributed by atoms with Crippen LogP contribution in [-0.4, -0.2) is 0 Å². The van der Waals surface area contributed by atoms with Crippen LogP contribution < -0.4 is 0 Å². The van der Waals surface area contributed by atoms with Crippen molar-refractivity contribution in [3.63, 3.8) is 0 Å². The van der Waals surface area contributed by atoms with Gasteiger partial charge in [-0.3, -0.25) is 0 Å². The smallest absolute Gasteiger partial charge is 0.131 e. The van der Waals surface area contributed by atoms with Crippen LogP contribution >= 0.6 is 0 Å². The van der Waals surface area contributed by atoms with E-state index in [-0.39, 0.29) is 5.82 Å². The molecule has 0 fully saturated rings. The molecule has 0 N–H and O–H groups in total. The highest BCUT2D eigenvalue weighted by atomic mass is 19.1. The minimum absolute atomic E-state index is 0.336. The number of hydrogen-bond donors (Lipinski definition) is 0. The van der Waals surface area contributed by atoms with E-state index in [1.165, 1.54) is 6.07 Å². The van der Waals surface area contributed by atoms with Crippen molar-refractivity contribution in [1.29, 1.82) is 5.26 Å². The van der Waals surface area contributed by atoms with Gasteiger partial charge in [0.25, 0.3) is 0 Å². The second-order valence-corrected chi connectivity index (χ2v) is 4.01. The molecule has 0 aliphatic heterocycles. The highest BCUT2D eigenvalue weighted by Crippen LogP contribution is 2.21. The van der Waals surface area contributed by atoms with E-state index in [1.54, 1.807) is 24.3 Å². The third-order valence-corrected chi connectivity index (χ3v) is 2.77. The first kappa shape index (κ1) is 12.1. The summed E-state index contributed by atoms with van der Waals surface area (Å²) in [6.07, 6.45) is 1.72. The Balaban J connectivity index is 2.52. The van der Waals surface area contributed by atoms with Gasteiger partial charge in [0, 0.05) is 5.56 Å². The second-order valence-electron chi connectivity index (χ2n) is 4.01. The largest absolute Gasteiger partial charge is 0.206 e. The summed E-state index contributed by atoms with van der Waals surface area (Å²) in [4.78, 5) is 0. The van der Waals surface area contributed by atoms with Crippen LogP contribution in [-0.2, 0) is 0 Å². The van der Waals surface area contributed by atoms with Gasteiger partial charge in [-0.25, -0.2) is 4.39 Å². The van der Waals surface area contributed by atoms with Crippen LogP contribution in [0.25, 0.3) is 11.6 Å². The Kier molecular flexibility index (Phi) is 3.54. The summed E-state index contributed by atoms with van der Waals surface area (Å²) < 4.78 is 13.6. The van der Waals surface area contributed by atoms with E-state index in [1.807, 2.05) is 31.2 Å². The standard InChI is InChI=1S/C16H12FN/c1-12-6-2-3-7-13(12)10-14(11-18)15-8-4-5-9-16(15)17/h2-10H,1H3. The summed E-state index contributed by atoms with van der Waals surface area (Å²) in [6.45, 7) is 1.96. The molecule has 0 aliphatic carbocycles. The zero-order valence-corrected chi connectivity index (χ0v) is 10.0. The van der Waals surface area contributed by atoms with Crippen LogP contribution in [0.5, 0.6) is 0 Å². The highest BCUT2D eigenvalue weighted by molar-refractivity contribution is 5.90. The first-order chi connectivity index (χ1) is 8.72. The summed E-state index contributed by atoms with van der Waals surface area (Å²) in [5.41, 5.74) is 2.66. The van der Waals surface area contributed by atoms with Gasteiger partial charge in [-0.15, -0.1) is 0 Å². The molecule has 18 heavy (non-hydrogen) atoms. The first-order valence-corrected chi connectivity index (χ1v) is 5.64. The maximum absolute atomic E-state index is 13.6.